The zero-order valence-corrected chi connectivity index (χ0v) is 15.4. The summed E-state index contributed by atoms with van der Waals surface area (Å²) >= 11 is 0. The van der Waals surface area contributed by atoms with Crippen molar-refractivity contribution in [2.45, 2.75) is 20.3 Å². The molecule has 0 fully saturated rings. The van der Waals surface area contributed by atoms with Gasteiger partial charge in [0.15, 0.2) is 6.61 Å². The molecule has 0 radical (unpaired) electrons. The largest absolute Gasteiger partial charge is 0.484 e. The summed E-state index contributed by atoms with van der Waals surface area (Å²) in [6.07, 6.45) is 0.398. The van der Waals surface area contributed by atoms with Gasteiger partial charge in [0.25, 0.3) is 5.91 Å². The lowest BCUT2D eigenvalue weighted by molar-refractivity contribution is -0.118. The molecule has 3 rings (SSSR count). The average Bonchev–Trinajstić information content (AvgIpc) is 2.69. The first-order valence-electron chi connectivity index (χ1n) is 8.87. The number of nitrogens with one attached hydrogen (secondary N) is 2. The molecule has 0 saturated carbocycles. The van der Waals surface area contributed by atoms with Crippen LogP contribution in [0.25, 0.3) is 10.8 Å². The number of hydrogen-bond acceptors (Lipinski definition) is 3. The van der Waals surface area contributed by atoms with Crippen LogP contribution in [0.5, 0.6) is 5.75 Å². The maximum Gasteiger partial charge on any atom is 0.262 e. The van der Waals surface area contributed by atoms with Gasteiger partial charge in [-0.3, -0.25) is 9.59 Å². The molecule has 2 amide bonds. The quantitative estimate of drug-likeness (QED) is 0.678. The summed E-state index contributed by atoms with van der Waals surface area (Å²) in [6, 6.07) is 19.1. The van der Waals surface area contributed by atoms with Gasteiger partial charge in [0.2, 0.25) is 5.91 Å². The topological polar surface area (TPSA) is 67.4 Å². The van der Waals surface area contributed by atoms with Crippen LogP contribution in [0.15, 0.2) is 60.7 Å². The molecule has 3 aromatic rings. The number of ether oxygens (including phenoxy) is 1. The number of benzene rings is 3. The molecule has 0 unspecified atom stereocenters. The Labute approximate surface area is 158 Å². The predicted octanol–water partition coefficient (Wildman–Crippen LogP) is 4.51. The summed E-state index contributed by atoms with van der Waals surface area (Å²) in [5.74, 6) is 0.316. The van der Waals surface area contributed by atoms with Crippen molar-refractivity contribution in [1.29, 1.82) is 0 Å². The van der Waals surface area contributed by atoms with E-state index in [4.69, 9.17) is 4.74 Å². The van der Waals surface area contributed by atoms with Gasteiger partial charge in [0.05, 0.1) is 0 Å². The molecule has 0 saturated heterocycles. The summed E-state index contributed by atoms with van der Waals surface area (Å²) in [6.45, 7) is 3.55. The van der Waals surface area contributed by atoms with Crippen LogP contribution in [0.4, 0.5) is 11.4 Å². The zero-order valence-electron chi connectivity index (χ0n) is 15.4. The van der Waals surface area contributed by atoms with Crippen LogP contribution in [0.3, 0.4) is 0 Å². The van der Waals surface area contributed by atoms with E-state index >= 15 is 0 Å². The fourth-order valence-corrected chi connectivity index (χ4v) is 2.74. The summed E-state index contributed by atoms with van der Waals surface area (Å²) < 4.78 is 5.62. The van der Waals surface area contributed by atoms with Gasteiger partial charge in [0.1, 0.15) is 5.75 Å². The molecule has 5 nitrogen and oxygen atoms in total. The van der Waals surface area contributed by atoms with Crippen molar-refractivity contribution in [3.8, 4) is 5.75 Å². The third kappa shape index (κ3) is 4.64. The second-order valence-corrected chi connectivity index (χ2v) is 6.23. The minimum Gasteiger partial charge on any atom is -0.484 e. The molecule has 5 heteroatoms. The number of carbonyl (C=O) groups is 2. The zero-order chi connectivity index (χ0) is 19.2. The standard InChI is InChI=1S/C22H22N2O3/c1-3-21(25)23-19-9-6-10-20(15(19)2)24-22(26)14-27-18-12-11-16-7-4-5-8-17(16)13-18/h4-13H,3,14H2,1-2H3,(H,23,25)(H,24,26). The highest BCUT2D eigenvalue weighted by Gasteiger charge is 2.10. The normalized spacial score (nSPS) is 10.4. The molecular formula is C22H22N2O3. The van der Waals surface area contributed by atoms with Crippen LogP contribution < -0.4 is 15.4 Å². The van der Waals surface area contributed by atoms with Crippen molar-refractivity contribution in [3.05, 3.63) is 66.2 Å². The molecule has 138 valence electrons. The molecule has 0 heterocycles. The van der Waals surface area contributed by atoms with Gasteiger partial charge in [-0.2, -0.15) is 0 Å². The van der Waals surface area contributed by atoms with E-state index in [1.165, 1.54) is 0 Å². The molecule has 0 aliphatic heterocycles. The van der Waals surface area contributed by atoms with E-state index in [-0.39, 0.29) is 18.4 Å². The van der Waals surface area contributed by atoms with Crippen LogP contribution in [0, 0.1) is 6.92 Å². The predicted molar refractivity (Wildman–Crippen MR) is 108 cm³/mol. The van der Waals surface area contributed by atoms with Crippen molar-refractivity contribution in [3.63, 3.8) is 0 Å². The Bertz CT molecular complexity index is 982. The van der Waals surface area contributed by atoms with Crippen LogP contribution >= 0.6 is 0 Å². The fraction of sp³-hybridized carbons (Fsp3) is 0.182. The maximum absolute atomic E-state index is 12.3. The minimum atomic E-state index is -0.259. The number of anilines is 2. The molecule has 2 N–H and O–H groups in total. The van der Waals surface area contributed by atoms with Gasteiger partial charge in [-0.05, 0) is 47.5 Å². The Morgan fingerprint density at radius 3 is 2.22 bits per heavy atom. The molecule has 3 aromatic carbocycles. The minimum absolute atomic E-state index is 0.0683. The lowest BCUT2D eigenvalue weighted by atomic mass is 10.1. The summed E-state index contributed by atoms with van der Waals surface area (Å²) in [7, 11) is 0. The Morgan fingerprint density at radius 1 is 0.852 bits per heavy atom. The first-order chi connectivity index (χ1) is 13.1. The van der Waals surface area contributed by atoms with Gasteiger partial charge in [-0.15, -0.1) is 0 Å². The number of carbonyl (C=O) groups excluding carboxylic acids is 2. The third-order valence-electron chi connectivity index (χ3n) is 4.29. The second kappa shape index (κ2) is 8.36. The SMILES string of the molecule is CCC(=O)Nc1cccc(NC(=O)COc2ccc3ccccc3c2)c1C. The molecule has 0 aliphatic carbocycles. The van der Waals surface area contributed by atoms with Crippen LogP contribution in [0.1, 0.15) is 18.9 Å². The van der Waals surface area contributed by atoms with Gasteiger partial charge in [-0.1, -0.05) is 43.3 Å². The monoisotopic (exact) mass is 362 g/mol. The average molecular weight is 362 g/mol. The lowest BCUT2D eigenvalue weighted by Gasteiger charge is -2.13. The van der Waals surface area contributed by atoms with Crippen LogP contribution in [0.2, 0.25) is 0 Å². The Morgan fingerprint density at radius 2 is 1.52 bits per heavy atom. The van der Waals surface area contributed by atoms with E-state index in [0.717, 1.165) is 16.3 Å². The number of hydrogen-bond donors (Lipinski definition) is 2. The van der Waals surface area contributed by atoms with Gasteiger partial charge in [0, 0.05) is 17.8 Å². The van der Waals surface area contributed by atoms with E-state index in [1.807, 2.05) is 55.5 Å². The summed E-state index contributed by atoms with van der Waals surface area (Å²) in [5.41, 5.74) is 2.14. The Kier molecular flexibility index (Phi) is 5.71. The van der Waals surface area contributed by atoms with Crippen molar-refractivity contribution < 1.29 is 14.3 Å². The Hall–Kier alpha value is -3.34. The molecule has 0 aliphatic rings. The first-order valence-corrected chi connectivity index (χ1v) is 8.87. The van der Waals surface area contributed by atoms with E-state index in [2.05, 4.69) is 10.6 Å². The van der Waals surface area contributed by atoms with E-state index in [1.54, 1.807) is 19.1 Å². The molecule has 27 heavy (non-hydrogen) atoms. The molecule has 0 bridgehead atoms. The highest BCUT2D eigenvalue weighted by molar-refractivity contribution is 5.96. The number of fused-ring (bicyclic) bond motifs is 1. The van der Waals surface area contributed by atoms with Gasteiger partial charge < -0.3 is 15.4 Å². The second-order valence-electron chi connectivity index (χ2n) is 6.23. The Balaban J connectivity index is 1.63. The van der Waals surface area contributed by atoms with Crippen LogP contribution in [-0.2, 0) is 9.59 Å². The van der Waals surface area contributed by atoms with Gasteiger partial charge >= 0.3 is 0 Å². The number of rotatable bonds is 6. The van der Waals surface area contributed by atoms with E-state index < -0.39 is 0 Å². The maximum atomic E-state index is 12.3. The van der Waals surface area contributed by atoms with E-state index in [0.29, 0.717) is 23.5 Å². The number of amides is 2. The molecule has 0 aromatic heterocycles. The van der Waals surface area contributed by atoms with Gasteiger partial charge in [-0.25, -0.2) is 0 Å². The molecular weight excluding hydrogens is 340 g/mol. The summed E-state index contributed by atoms with van der Waals surface area (Å²) in [5, 5.41) is 7.84. The van der Waals surface area contributed by atoms with Crippen molar-refractivity contribution in [1.82, 2.24) is 0 Å². The highest BCUT2D eigenvalue weighted by Crippen LogP contribution is 2.24. The van der Waals surface area contributed by atoms with Crippen molar-refractivity contribution in [2.75, 3.05) is 17.2 Å². The van der Waals surface area contributed by atoms with Crippen LogP contribution in [-0.4, -0.2) is 18.4 Å². The molecule has 0 atom stereocenters. The van der Waals surface area contributed by atoms with Crippen molar-refractivity contribution in [2.24, 2.45) is 0 Å². The molecule has 0 spiro atoms. The third-order valence-corrected chi connectivity index (χ3v) is 4.29. The van der Waals surface area contributed by atoms with Crippen molar-refractivity contribution >= 4 is 34.0 Å². The lowest BCUT2D eigenvalue weighted by Crippen LogP contribution is -2.21. The van der Waals surface area contributed by atoms with E-state index in [9.17, 15) is 9.59 Å². The smallest absolute Gasteiger partial charge is 0.262 e. The summed E-state index contributed by atoms with van der Waals surface area (Å²) in [4.78, 5) is 23.9. The fourth-order valence-electron chi connectivity index (χ4n) is 2.74. The highest BCUT2D eigenvalue weighted by atomic mass is 16.5. The first kappa shape index (κ1) is 18.5.